The molecule has 1 amide bonds. The number of likely N-dealkylation sites (tertiary alicyclic amines) is 1. The molecule has 0 radical (unpaired) electrons. The normalized spacial score (nSPS) is 25.5. The molecule has 1 aromatic rings. The van der Waals surface area contributed by atoms with E-state index in [2.05, 4.69) is 15.0 Å². The number of nitrogens with zero attached hydrogens (tertiary/aromatic N) is 5. The summed E-state index contributed by atoms with van der Waals surface area (Å²) in [6.07, 6.45) is 2.44. The Labute approximate surface area is 177 Å². The minimum absolute atomic E-state index is 0.0626. The predicted molar refractivity (Wildman–Crippen MR) is 108 cm³/mol. The smallest absolute Gasteiger partial charge is 0.330 e. The van der Waals surface area contributed by atoms with Crippen LogP contribution in [0, 0.1) is 6.92 Å². The van der Waals surface area contributed by atoms with Crippen LogP contribution in [0.3, 0.4) is 0 Å². The van der Waals surface area contributed by atoms with Crippen molar-refractivity contribution in [2.45, 2.75) is 70.4 Å². The summed E-state index contributed by atoms with van der Waals surface area (Å²) < 4.78 is 12.5. The topological polar surface area (TPSA) is 159 Å². The maximum Gasteiger partial charge on any atom is 0.330 e. The Morgan fingerprint density at radius 3 is 2.90 bits per heavy atom. The molecule has 0 aromatic carbocycles. The highest BCUT2D eigenvalue weighted by atomic mass is 16.6. The van der Waals surface area contributed by atoms with Gasteiger partial charge in [0, 0.05) is 36.1 Å². The maximum atomic E-state index is 12.6. The molecular weight excluding hydrogens is 408 g/mol. The molecule has 0 spiro atoms. The SMILES string of the molecule is CCCCN1C(=O)CCC1C(=O)OCC1OC(n2cc(C)c(=O)[nH]c2=O)CC1N=[N+]=[N-]. The lowest BCUT2D eigenvalue weighted by molar-refractivity contribution is -0.156. The van der Waals surface area contributed by atoms with Gasteiger partial charge in [-0.3, -0.25) is 19.1 Å². The number of rotatable bonds is 8. The number of aromatic amines is 1. The van der Waals surface area contributed by atoms with E-state index < -0.39 is 41.6 Å². The van der Waals surface area contributed by atoms with Gasteiger partial charge < -0.3 is 14.4 Å². The van der Waals surface area contributed by atoms with Gasteiger partial charge in [-0.2, -0.15) is 0 Å². The number of azide groups is 1. The number of esters is 1. The van der Waals surface area contributed by atoms with Crippen LogP contribution in [0.1, 0.15) is 50.8 Å². The molecular formula is C19H26N6O6. The maximum absolute atomic E-state index is 12.6. The van der Waals surface area contributed by atoms with Gasteiger partial charge in [-0.15, -0.1) is 0 Å². The molecule has 3 heterocycles. The second-order valence-corrected chi connectivity index (χ2v) is 7.74. The molecule has 1 N–H and O–H groups in total. The summed E-state index contributed by atoms with van der Waals surface area (Å²) in [6, 6.07) is -1.29. The Kier molecular flexibility index (Phi) is 7.13. The molecule has 12 heteroatoms. The predicted octanol–water partition coefficient (Wildman–Crippen LogP) is 1.15. The second kappa shape index (κ2) is 9.80. The number of ether oxygens (including phenoxy) is 2. The van der Waals surface area contributed by atoms with Crippen molar-refractivity contribution in [2.75, 3.05) is 13.2 Å². The van der Waals surface area contributed by atoms with Gasteiger partial charge in [-0.1, -0.05) is 18.5 Å². The number of hydrogen-bond acceptors (Lipinski definition) is 7. The number of hydrogen-bond donors (Lipinski definition) is 1. The standard InChI is InChI=1S/C19H26N6O6/c1-3-4-7-24-13(5-6-15(24)26)18(28)30-10-14-12(22-23-20)8-16(31-14)25-9-11(2)17(27)21-19(25)29/h9,12-14,16H,3-8,10H2,1-2H3,(H,21,27,29). The van der Waals surface area contributed by atoms with Crippen molar-refractivity contribution in [1.29, 1.82) is 0 Å². The van der Waals surface area contributed by atoms with Crippen LogP contribution in [0.4, 0.5) is 0 Å². The Morgan fingerprint density at radius 1 is 1.42 bits per heavy atom. The highest BCUT2D eigenvalue weighted by Crippen LogP contribution is 2.30. The third kappa shape index (κ3) is 4.97. The molecule has 1 aromatic heterocycles. The van der Waals surface area contributed by atoms with Gasteiger partial charge >= 0.3 is 11.7 Å². The first-order valence-corrected chi connectivity index (χ1v) is 10.3. The summed E-state index contributed by atoms with van der Waals surface area (Å²) in [4.78, 5) is 55.0. The summed E-state index contributed by atoms with van der Waals surface area (Å²) in [6.45, 7) is 3.89. The lowest BCUT2D eigenvalue weighted by Gasteiger charge is -2.24. The van der Waals surface area contributed by atoms with E-state index in [1.54, 1.807) is 11.8 Å². The van der Waals surface area contributed by atoms with E-state index >= 15 is 0 Å². The van der Waals surface area contributed by atoms with Crippen LogP contribution < -0.4 is 11.2 Å². The quantitative estimate of drug-likeness (QED) is 0.279. The molecule has 2 saturated heterocycles. The summed E-state index contributed by atoms with van der Waals surface area (Å²) in [7, 11) is 0. The second-order valence-electron chi connectivity index (χ2n) is 7.74. The molecule has 168 valence electrons. The van der Waals surface area contributed by atoms with Gasteiger partial charge in [0.05, 0.1) is 6.04 Å². The largest absolute Gasteiger partial charge is 0.461 e. The Hall–Kier alpha value is -3.11. The third-order valence-corrected chi connectivity index (χ3v) is 5.60. The van der Waals surface area contributed by atoms with Gasteiger partial charge in [0.2, 0.25) is 5.91 Å². The van der Waals surface area contributed by atoms with Crippen molar-refractivity contribution in [3.63, 3.8) is 0 Å². The molecule has 2 aliphatic heterocycles. The molecule has 31 heavy (non-hydrogen) atoms. The van der Waals surface area contributed by atoms with Crippen molar-refractivity contribution in [2.24, 2.45) is 5.11 Å². The van der Waals surface area contributed by atoms with E-state index in [1.165, 1.54) is 10.8 Å². The van der Waals surface area contributed by atoms with Crippen LogP contribution in [-0.4, -0.2) is 57.7 Å². The summed E-state index contributed by atoms with van der Waals surface area (Å²) in [5.74, 6) is -0.585. The summed E-state index contributed by atoms with van der Waals surface area (Å²) >= 11 is 0. The van der Waals surface area contributed by atoms with Crippen LogP contribution in [0.5, 0.6) is 0 Å². The molecule has 2 aliphatic rings. The Balaban J connectivity index is 1.67. The van der Waals surface area contributed by atoms with E-state index in [1.807, 2.05) is 6.92 Å². The van der Waals surface area contributed by atoms with Gasteiger partial charge in [0.1, 0.15) is 25.0 Å². The molecule has 4 unspecified atom stereocenters. The minimum atomic E-state index is -0.781. The fourth-order valence-corrected chi connectivity index (χ4v) is 3.87. The van der Waals surface area contributed by atoms with Crippen LogP contribution in [0.15, 0.2) is 20.9 Å². The summed E-state index contributed by atoms with van der Waals surface area (Å²) in [5, 5.41) is 3.71. The molecule has 0 bridgehead atoms. The Morgan fingerprint density at radius 2 is 2.19 bits per heavy atom. The fourth-order valence-electron chi connectivity index (χ4n) is 3.87. The van der Waals surface area contributed by atoms with Crippen LogP contribution >= 0.6 is 0 Å². The number of nitrogens with one attached hydrogen (secondary N) is 1. The average Bonchev–Trinajstić information content (AvgIpc) is 3.31. The highest BCUT2D eigenvalue weighted by molar-refractivity contribution is 5.88. The van der Waals surface area contributed by atoms with Crippen molar-refractivity contribution in [1.82, 2.24) is 14.5 Å². The zero-order valence-electron chi connectivity index (χ0n) is 17.5. The fraction of sp³-hybridized carbons (Fsp3) is 0.684. The first kappa shape index (κ1) is 22.6. The number of unbranched alkanes of at least 4 members (excludes halogenated alkanes) is 1. The first-order chi connectivity index (χ1) is 14.8. The number of H-pyrrole nitrogens is 1. The van der Waals surface area contributed by atoms with Crippen molar-refractivity contribution in [3.8, 4) is 0 Å². The van der Waals surface area contributed by atoms with E-state index in [-0.39, 0.29) is 18.9 Å². The third-order valence-electron chi connectivity index (χ3n) is 5.60. The minimum Gasteiger partial charge on any atom is -0.461 e. The number of carbonyl (C=O) groups excluding carboxylic acids is 2. The average molecular weight is 434 g/mol. The van der Waals surface area contributed by atoms with Gasteiger partial charge in [-0.05, 0) is 25.3 Å². The van der Waals surface area contributed by atoms with Gasteiger partial charge in [0.15, 0.2) is 0 Å². The van der Waals surface area contributed by atoms with Crippen molar-refractivity contribution < 1.29 is 19.1 Å². The molecule has 0 saturated carbocycles. The molecule has 3 rings (SSSR count). The van der Waals surface area contributed by atoms with E-state index in [9.17, 15) is 19.2 Å². The zero-order chi connectivity index (χ0) is 22.5. The van der Waals surface area contributed by atoms with Gasteiger partial charge in [-0.25, -0.2) is 9.59 Å². The summed E-state index contributed by atoms with van der Waals surface area (Å²) in [5.41, 5.74) is 8.06. The van der Waals surface area contributed by atoms with E-state index in [0.29, 0.717) is 24.9 Å². The molecule has 12 nitrogen and oxygen atoms in total. The zero-order valence-corrected chi connectivity index (χ0v) is 17.5. The molecule has 0 aliphatic carbocycles. The Bertz CT molecular complexity index is 996. The van der Waals surface area contributed by atoms with Crippen molar-refractivity contribution in [3.05, 3.63) is 43.0 Å². The first-order valence-electron chi connectivity index (χ1n) is 10.3. The lowest BCUT2D eigenvalue weighted by Crippen LogP contribution is -2.41. The van der Waals surface area contributed by atoms with Gasteiger partial charge in [0.25, 0.3) is 5.56 Å². The molecule has 2 fully saturated rings. The number of carbonyl (C=O) groups is 2. The number of amides is 1. The van der Waals surface area contributed by atoms with Crippen LogP contribution in [-0.2, 0) is 19.1 Å². The van der Waals surface area contributed by atoms with Crippen molar-refractivity contribution >= 4 is 11.9 Å². The number of aryl methyl sites for hydroxylation is 1. The molecule has 4 atom stereocenters. The van der Waals surface area contributed by atoms with Crippen LogP contribution in [0.25, 0.3) is 10.4 Å². The van der Waals surface area contributed by atoms with E-state index in [4.69, 9.17) is 15.0 Å². The highest BCUT2D eigenvalue weighted by Gasteiger charge is 2.40. The van der Waals surface area contributed by atoms with Crippen LogP contribution in [0.2, 0.25) is 0 Å². The van der Waals surface area contributed by atoms with E-state index in [0.717, 1.165) is 12.8 Å². The lowest BCUT2D eigenvalue weighted by atomic mass is 10.1. The monoisotopic (exact) mass is 434 g/mol. The number of aromatic nitrogens is 2.